The smallest absolute Gasteiger partial charge is 0.127 e. The first-order valence-electron chi connectivity index (χ1n) is 28.7. The topological polar surface area (TPSA) is 18.5 Å². The molecule has 0 spiro atoms. The Labute approximate surface area is 395 Å². The molecule has 360 valence electrons. The summed E-state index contributed by atoms with van der Waals surface area (Å²) in [5.74, 6) is 14.1. The molecule has 4 unspecified atom stereocenters. The Balaban J connectivity index is 0.888. The summed E-state index contributed by atoms with van der Waals surface area (Å²) in [6.07, 6.45) is 36.4. The zero-order chi connectivity index (χ0) is 45.2. The third-order valence-electron chi connectivity index (χ3n) is 23.5. The van der Waals surface area contributed by atoms with Crippen molar-refractivity contribution < 1.29 is 9.47 Å². The molecule has 1 aromatic rings. The maximum Gasteiger partial charge on any atom is 0.127 e. The van der Waals surface area contributed by atoms with Crippen molar-refractivity contribution in [3.63, 3.8) is 0 Å². The summed E-state index contributed by atoms with van der Waals surface area (Å²) in [5.41, 5.74) is 2.73. The van der Waals surface area contributed by atoms with Gasteiger partial charge >= 0.3 is 0 Å². The Morgan fingerprint density at radius 2 is 1.03 bits per heavy atom. The average Bonchev–Trinajstić information content (AvgIpc) is 3.81. The van der Waals surface area contributed by atoms with E-state index < -0.39 is 0 Å². The van der Waals surface area contributed by atoms with E-state index >= 15 is 0 Å². The minimum atomic E-state index is 0.251. The summed E-state index contributed by atoms with van der Waals surface area (Å²) in [6.45, 7) is 30.2. The monoisotopic (exact) mass is 877 g/mol. The van der Waals surface area contributed by atoms with Gasteiger partial charge in [0, 0.05) is 16.4 Å². The molecule has 8 saturated carbocycles. The fourth-order valence-electron chi connectivity index (χ4n) is 20.2. The van der Waals surface area contributed by atoms with E-state index in [1.165, 1.54) is 154 Å². The van der Waals surface area contributed by atoms with Crippen molar-refractivity contribution in [2.75, 3.05) is 0 Å². The van der Waals surface area contributed by atoms with Crippen LogP contribution in [0.25, 0.3) is 6.08 Å². The fraction of sp³-hybridized carbons (Fsp3) is 0.871. The Morgan fingerprint density at radius 3 is 1.50 bits per heavy atom. The highest BCUT2D eigenvalue weighted by molar-refractivity contribution is 5.58. The Kier molecular flexibility index (Phi) is 14.0. The van der Waals surface area contributed by atoms with Gasteiger partial charge in [-0.15, -0.1) is 0 Å². The lowest BCUT2D eigenvalue weighted by Gasteiger charge is -2.62. The number of benzene rings is 1. The standard InChI is InChI=1S/C62H100O2/c1-12-44-39-47(63-57-23-15-21-45-25-28-48-52-32-30-50(42(6)19-13-17-40(2)3)59(52,8)37-35-54(48)61(45,57)10)27-34-56(44)64-58-24-16-22-46-26-29-49-53-33-31-51(43(7)20-14-18-41(4)5)60(53,9)38-36-55(49)62(46,58)11/h12,27,34,39-43,45-46,48-55,57-58H,1,13-26,28-33,35-38H2,2-11H3/t42-,43-,45?,46?,48+,49+,50-,51-,52+,53+,54+,55+,57?,58?,59-,60-,61+,62+/m1/s1. The molecule has 9 rings (SSSR count). The second-order valence-corrected chi connectivity index (χ2v) is 27.1. The Morgan fingerprint density at radius 1 is 0.547 bits per heavy atom. The summed E-state index contributed by atoms with van der Waals surface area (Å²) < 4.78 is 14.9. The highest BCUT2D eigenvalue weighted by atomic mass is 16.5. The van der Waals surface area contributed by atoms with Crippen LogP contribution in [0, 0.1) is 105 Å². The second-order valence-electron chi connectivity index (χ2n) is 27.1. The molecule has 1 aromatic carbocycles. The molecule has 0 aromatic heterocycles. The van der Waals surface area contributed by atoms with Crippen molar-refractivity contribution in [2.45, 2.75) is 236 Å². The second kappa shape index (κ2) is 18.8. The molecule has 2 nitrogen and oxygen atoms in total. The van der Waals surface area contributed by atoms with Gasteiger partial charge in [-0.05, 0) is 227 Å². The largest absolute Gasteiger partial charge is 0.490 e. The van der Waals surface area contributed by atoms with Crippen LogP contribution in [-0.2, 0) is 0 Å². The van der Waals surface area contributed by atoms with Crippen LogP contribution in [-0.4, -0.2) is 12.2 Å². The summed E-state index contributed by atoms with van der Waals surface area (Å²) in [6, 6.07) is 6.93. The Hall–Kier alpha value is -1.44. The van der Waals surface area contributed by atoms with E-state index in [1.54, 1.807) is 0 Å². The minimum Gasteiger partial charge on any atom is -0.490 e. The van der Waals surface area contributed by atoms with Gasteiger partial charge in [0.1, 0.15) is 23.7 Å². The van der Waals surface area contributed by atoms with Crippen LogP contribution in [0.5, 0.6) is 11.5 Å². The molecule has 0 bridgehead atoms. The first-order chi connectivity index (χ1) is 30.6. The molecule has 8 fully saturated rings. The number of hydrogen-bond donors (Lipinski definition) is 0. The molecule has 0 amide bonds. The zero-order valence-corrected chi connectivity index (χ0v) is 43.5. The van der Waals surface area contributed by atoms with Crippen molar-refractivity contribution in [3.8, 4) is 11.5 Å². The van der Waals surface area contributed by atoms with Crippen molar-refractivity contribution in [1.82, 2.24) is 0 Å². The van der Waals surface area contributed by atoms with Gasteiger partial charge in [0.15, 0.2) is 0 Å². The molecule has 0 aliphatic heterocycles. The third-order valence-corrected chi connectivity index (χ3v) is 23.5. The van der Waals surface area contributed by atoms with Gasteiger partial charge in [-0.2, -0.15) is 0 Å². The van der Waals surface area contributed by atoms with Crippen molar-refractivity contribution >= 4 is 6.08 Å². The van der Waals surface area contributed by atoms with Crippen molar-refractivity contribution in [2.24, 2.45) is 105 Å². The minimum absolute atomic E-state index is 0.251. The number of fused-ring (bicyclic) bond motifs is 10. The first-order valence-corrected chi connectivity index (χ1v) is 28.7. The average molecular weight is 877 g/mol. The molecular formula is C62H100O2. The summed E-state index contributed by atoms with van der Waals surface area (Å²) in [7, 11) is 0. The van der Waals surface area contributed by atoms with Crippen LogP contribution >= 0.6 is 0 Å². The lowest BCUT2D eigenvalue weighted by Crippen LogP contribution is -2.59. The normalized spacial score (nSPS) is 44.8. The first kappa shape index (κ1) is 47.6. The molecule has 8 aliphatic carbocycles. The molecular weight excluding hydrogens is 777 g/mol. The summed E-state index contributed by atoms with van der Waals surface area (Å²) in [4.78, 5) is 0. The predicted octanol–water partition coefficient (Wildman–Crippen LogP) is 18.1. The molecule has 8 aliphatic rings. The maximum absolute atomic E-state index is 7.46. The van der Waals surface area contributed by atoms with Gasteiger partial charge < -0.3 is 9.47 Å². The maximum atomic E-state index is 7.46. The van der Waals surface area contributed by atoms with Crippen LogP contribution < -0.4 is 9.47 Å². The van der Waals surface area contributed by atoms with Gasteiger partial charge in [0.25, 0.3) is 0 Å². The van der Waals surface area contributed by atoms with E-state index in [9.17, 15) is 0 Å². The van der Waals surface area contributed by atoms with Gasteiger partial charge in [0.05, 0.1) is 0 Å². The zero-order valence-electron chi connectivity index (χ0n) is 43.5. The molecule has 64 heavy (non-hydrogen) atoms. The van der Waals surface area contributed by atoms with E-state index in [0.717, 1.165) is 99.9 Å². The van der Waals surface area contributed by atoms with Crippen LogP contribution in [0.1, 0.15) is 229 Å². The quantitative estimate of drug-likeness (QED) is 0.175. The fourth-order valence-corrected chi connectivity index (χ4v) is 20.2. The van der Waals surface area contributed by atoms with E-state index in [2.05, 4.69) is 100 Å². The lowest BCUT2D eigenvalue weighted by atomic mass is 9.44. The van der Waals surface area contributed by atoms with E-state index in [1.807, 2.05) is 0 Å². The number of ether oxygens (including phenoxy) is 2. The highest BCUT2D eigenvalue weighted by Crippen LogP contribution is 2.71. The number of hydrogen-bond acceptors (Lipinski definition) is 2. The van der Waals surface area contributed by atoms with Gasteiger partial charge in [0.2, 0.25) is 0 Å². The summed E-state index contributed by atoms with van der Waals surface area (Å²) in [5, 5.41) is 0. The molecule has 0 N–H and O–H groups in total. The predicted molar refractivity (Wildman–Crippen MR) is 272 cm³/mol. The van der Waals surface area contributed by atoms with Gasteiger partial charge in [-0.25, -0.2) is 0 Å². The Bertz CT molecular complexity index is 1740. The molecule has 0 radical (unpaired) electrons. The van der Waals surface area contributed by atoms with Crippen LogP contribution in [0.15, 0.2) is 24.8 Å². The molecule has 0 saturated heterocycles. The highest BCUT2D eigenvalue weighted by Gasteiger charge is 2.64. The molecule has 18 atom stereocenters. The van der Waals surface area contributed by atoms with Gasteiger partial charge in [-0.1, -0.05) is 120 Å². The van der Waals surface area contributed by atoms with Crippen molar-refractivity contribution in [1.29, 1.82) is 0 Å². The SMILES string of the molecule is C=Cc1cc(OC2CCCC3CC[C@@H]4[C@H](CC[C@]5(C)[C@@H]([C@H](C)CCCC(C)C)CC[C@@H]45)[C@]32C)ccc1OC1CCCC2CC[C@@H]3[C@H](CC[C@]4(C)[C@@H]([C@H](C)CCCC(C)C)CC[C@@H]34)[C@]21C. The van der Waals surface area contributed by atoms with Gasteiger partial charge in [-0.3, -0.25) is 0 Å². The van der Waals surface area contributed by atoms with Crippen LogP contribution in [0.3, 0.4) is 0 Å². The van der Waals surface area contributed by atoms with Crippen LogP contribution in [0.2, 0.25) is 0 Å². The van der Waals surface area contributed by atoms with E-state index in [-0.39, 0.29) is 16.9 Å². The lowest BCUT2D eigenvalue weighted by molar-refractivity contribution is -0.158. The number of rotatable bonds is 15. The molecule has 0 heterocycles. The summed E-state index contributed by atoms with van der Waals surface area (Å²) >= 11 is 0. The van der Waals surface area contributed by atoms with Crippen molar-refractivity contribution in [3.05, 3.63) is 30.3 Å². The van der Waals surface area contributed by atoms with Crippen LogP contribution in [0.4, 0.5) is 0 Å². The third kappa shape index (κ3) is 8.23. The van der Waals surface area contributed by atoms with E-state index in [4.69, 9.17) is 9.47 Å². The molecule has 2 heteroatoms. The van der Waals surface area contributed by atoms with E-state index in [0.29, 0.717) is 16.9 Å².